The first kappa shape index (κ1) is 75.2. The highest BCUT2D eigenvalue weighted by Gasteiger charge is 2.19. The number of hydrogen-bond donors (Lipinski definition) is 0. The maximum atomic E-state index is 12.9. The van der Waals surface area contributed by atoms with Gasteiger partial charge in [-0.1, -0.05) is 254 Å². The highest BCUT2D eigenvalue weighted by atomic mass is 16.6. The SMILES string of the molecule is CC/C=C\C/C=C\C/C=C\C/C=C\C/C=C\C/C=C\CCCCC(=O)OCC(COC(=O)CCCCCCC/C=C\C/C=C\C/C=C\C/C=C\C/C=C\CC)OC(=O)CCCCCCC/C=C\C/C=C\C/C=C\C/C=C\C/C=C\CC. The van der Waals surface area contributed by atoms with E-state index in [-0.39, 0.29) is 44.0 Å². The number of allylic oxidation sites excluding steroid dienone is 32. The van der Waals surface area contributed by atoms with Gasteiger partial charge in [0, 0.05) is 19.3 Å². The first-order chi connectivity index (χ1) is 40.0. The second kappa shape index (κ2) is 66.8. The van der Waals surface area contributed by atoms with E-state index in [1.165, 1.54) is 0 Å². The van der Waals surface area contributed by atoms with Gasteiger partial charge in [0.1, 0.15) is 13.2 Å². The molecule has 0 aliphatic rings. The van der Waals surface area contributed by atoms with Crippen LogP contribution < -0.4 is 0 Å². The molecule has 0 bridgehead atoms. The van der Waals surface area contributed by atoms with Gasteiger partial charge in [-0.3, -0.25) is 14.4 Å². The van der Waals surface area contributed by atoms with Crippen molar-refractivity contribution in [3.8, 4) is 0 Å². The number of rotatable bonds is 55. The molecule has 6 heteroatoms. The van der Waals surface area contributed by atoms with Gasteiger partial charge in [0.25, 0.3) is 0 Å². The fraction of sp³-hybridized carbons (Fsp3) is 0.533. The minimum atomic E-state index is -0.830. The number of unbranched alkanes of at least 4 members (excludes halogenated alkanes) is 12. The summed E-state index contributed by atoms with van der Waals surface area (Å²) in [6, 6.07) is 0. The number of carbonyl (C=O) groups is 3. The molecule has 0 rings (SSSR count). The van der Waals surface area contributed by atoms with Crippen LogP contribution in [0.3, 0.4) is 0 Å². The molecule has 0 heterocycles. The van der Waals surface area contributed by atoms with E-state index in [1.54, 1.807) is 0 Å². The number of carbonyl (C=O) groups excluding carboxylic acids is 3. The molecule has 0 saturated heterocycles. The zero-order chi connectivity index (χ0) is 58.5. The molecule has 450 valence electrons. The van der Waals surface area contributed by atoms with Crippen LogP contribution in [0.15, 0.2) is 194 Å². The topological polar surface area (TPSA) is 78.9 Å². The molecular formula is C75H114O6. The summed E-state index contributed by atoms with van der Waals surface area (Å²) in [6.07, 6.45) is 101. The second-order valence-corrected chi connectivity index (χ2v) is 20.2. The fourth-order valence-corrected chi connectivity index (χ4v) is 7.91. The maximum absolute atomic E-state index is 12.9. The van der Waals surface area contributed by atoms with Gasteiger partial charge in [-0.05, 0) is 161 Å². The van der Waals surface area contributed by atoms with Crippen LogP contribution in [0.1, 0.15) is 239 Å². The Morgan fingerprint density at radius 3 is 0.716 bits per heavy atom. The summed E-state index contributed by atoms with van der Waals surface area (Å²) in [6.45, 7) is 6.22. The molecule has 0 aromatic heterocycles. The molecule has 0 spiro atoms. The Morgan fingerprint density at radius 2 is 0.444 bits per heavy atom. The molecule has 81 heavy (non-hydrogen) atoms. The van der Waals surface area contributed by atoms with Gasteiger partial charge < -0.3 is 14.2 Å². The van der Waals surface area contributed by atoms with E-state index in [1.807, 2.05) is 0 Å². The first-order valence-electron chi connectivity index (χ1n) is 31.9. The van der Waals surface area contributed by atoms with Gasteiger partial charge in [-0.25, -0.2) is 0 Å². The molecule has 0 aromatic rings. The number of hydrogen-bond acceptors (Lipinski definition) is 6. The predicted molar refractivity (Wildman–Crippen MR) is 352 cm³/mol. The van der Waals surface area contributed by atoms with Gasteiger partial charge in [0.2, 0.25) is 0 Å². The normalized spacial score (nSPS) is 13.5. The van der Waals surface area contributed by atoms with Crippen LogP contribution in [0.2, 0.25) is 0 Å². The van der Waals surface area contributed by atoms with Crippen molar-refractivity contribution >= 4 is 17.9 Å². The molecule has 1 atom stereocenters. The zero-order valence-electron chi connectivity index (χ0n) is 51.5. The average Bonchev–Trinajstić information content (AvgIpc) is 3.47. The summed E-state index contributed by atoms with van der Waals surface area (Å²) < 4.78 is 16.9. The fourth-order valence-electron chi connectivity index (χ4n) is 7.91. The maximum Gasteiger partial charge on any atom is 0.306 e. The Morgan fingerprint density at radius 1 is 0.247 bits per heavy atom. The summed E-state index contributed by atoms with van der Waals surface area (Å²) in [5, 5.41) is 0. The van der Waals surface area contributed by atoms with Crippen molar-refractivity contribution in [3.63, 3.8) is 0 Å². The highest BCUT2D eigenvalue weighted by Crippen LogP contribution is 2.13. The lowest BCUT2D eigenvalue weighted by Crippen LogP contribution is -2.30. The third kappa shape index (κ3) is 64.9. The van der Waals surface area contributed by atoms with E-state index >= 15 is 0 Å². The van der Waals surface area contributed by atoms with Crippen molar-refractivity contribution in [1.29, 1.82) is 0 Å². The Labute approximate surface area is 497 Å². The molecule has 0 fully saturated rings. The van der Waals surface area contributed by atoms with Crippen molar-refractivity contribution in [1.82, 2.24) is 0 Å². The van der Waals surface area contributed by atoms with E-state index in [9.17, 15) is 14.4 Å². The van der Waals surface area contributed by atoms with Crippen LogP contribution in [-0.2, 0) is 28.6 Å². The third-order valence-electron chi connectivity index (χ3n) is 12.6. The molecule has 0 saturated carbocycles. The molecule has 0 aromatic carbocycles. The van der Waals surface area contributed by atoms with Crippen molar-refractivity contribution < 1.29 is 28.6 Å². The van der Waals surface area contributed by atoms with Crippen LogP contribution in [0, 0.1) is 0 Å². The van der Waals surface area contributed by atoms with Gasteiger partial charge in [-0.15, -0.1) is 0 Å². The monoisotopic (exact) mass is 1110 g/mol. The molecule has 0 radical (unpaired) electrons. The number of ether oxygens (including phenoxy) is 3. The van der Waals surface area contributed by atoms with E-state index in [2.05, 4.69) is 215 Å². The van der Waals surface area contributed by atoms with Crippen molar-refractivity contribution in [2.45, 2.75) is 245 Å². The minimum Gasteiger partial charge on any atom is -0.462 e. The molecule has 0 aliphatic heterocycles. The molecular weight excluding hydrogens is 997 g/mol. The van der Waals surface area contributed by atoms with E-state index in [0.717, 1.165) is 193 Å². The Kier molecular flexibility index (Phi) is 62.0. The standard InChI is InChI=1S/C75H114O6/c1-4-7-10-13-16-19-22-25-28-31-34-37-40-43-46-49-52-55-58-61-64-67-73(76)79-70-72(81-75(78)69-66-63-60-57-54-51-48-45-42-39-36-33-30-27-24-21-18-15-12-9-6-3)71-80-74(77)68-65-62-59-56-53-50-47-44-41-38-35-32-29-26-23-20-17-14-11-8-5-2/h7-12,16-21,25-30,34-39,43-48,52,55,72H,4-6,13-15,22-24,31-33,40-42,49-51,53-54,56-71H2,1-3H3/b10-7-,11-8-,12-9-,19-16-,20-17-,21-18-,28-25-,29-26-,30-27-,37-34-,38-35-,39-36-,46-43-,47-44-,48-45-,55-52-. The lowest BCUT2D eigenvalue weighted by Gasteiger charge is -2.18. The zero-order valence-corrected chi connectivity index (χ0v) is 51.5. The van der Waals surface area contributed by atoms with Gasteiger partial charge in [-0.2, -0.15) is 0 Å². The van der Waals surface area contributed by atoms with Crippen LogP contribution in [-0.4, -0.2) is 37.2 Å². The van der Waals surface area contributed by atoms with E-state index in [0.29, 0.717) is 12.8 Å². The first-order valence-corrected chi connectivity index (χ1v) is 31.9. The minimum absolute atomic E-state index is 0.121. The number of esters is 3. The predicted octanol–water partition coefficient (Wildman–Crippen LogP) is 22.2. The molecule has 0 N–H and O–H groups in total. The molecule has 0 amide bonds. The second-order valence-electron chi connectivity index (χ2n) is 20.2. The largest absolute Gasteiger partial charge is 0.462 e. The van der Waals surface area contributed by atoms with Gasteiger partial charge in [0.05, 0.1) is 0 Å². The van der Waals surface area contributed by atoms with Crippen molar-refractivity contribution in [2.75, 3.05) is 13.2 Å². The molecule has 0 aliphatic carbocycles. The van der Waals surface area contributed by atoms with Crippen LogP contribution in [0.4, 0.5) is 0 Å². The summed E-state index contributed by atoms with van der Waals surface area (Å²) in [5.41, 5.74) is 0. The van der Waals surface area contributed by atoms with Gasteiger partial charge >= 0.3 is 17.9 Å². The lowest BCUT2D eigenvalue weighted by molar-refractivity contribution is -0.167. The molecule has 6 nitrogen and oxygen atoms in total. The van der Waals surface area contributed by atoms with E-state index < -0.39 is 6.10 Å². The Bertz CT molecular complexity index is 1950. The van der Waals surface area contributed by atoms with Crippen molar-refractivity contribution in [3.05, 3.63) is 194 Å². The van der Waals surface area contributed by atoms with Crippen LogP contribution in [0.25, 0.3) is 0 Å². The van der Waals surface area contributed by atoms with Crippen molar-refractivity contribution in [2.24, 2.45) is 0 Å². The average molecular weight is 1110 g/mol. The Hall–Kier alpha value is -5.75. The lowest BCUT2D eigenvalue weighted by atomic mass is 10.1. The summed E-state index contributed by atoms with van der Waals surface area (Å²) in [5.74, 6) is -1.01. The highest BCUT2D eigenvalue weighted by molar-refractivity contribution is 5.71. The van der Waals surface area contributed by atoms with Crippen LogP contribution >= 0.6 is 0 Å². The third-order valence-corrected chi connectivity index (χ3v) is 12.6. The summed E-state index contributed by atoms with van der Waals surface area (Å²) in [4.78, 5) is 38.4. The quantitative estimate of drug-likeness (QED) is 0.0261. The molecule has 1 unspecified atom stereocenters. The summed E-state index contributed by atoms with van der Waals surface area (Å²) in [7, 11) is 0. The summed E-state index contributed by atoms with van der Waals surface area (Å²) >= 11 is 0. The smallest absolute Gasteiger partial charge is 0.306 e. The van der Waals surface area contributed by atoms with Crippen LogP contribution in [0.5, 0.6) is 0 Å². The van der Waals surface area contributed by atoms with Gasteiger partial charge in [0.15, 0.2) is 6.10 Å². The Balaban J connectivity index is 4.60. The van der Waals surface area contributed by atoms with E-state index in [4.69, 9.17) is 14.2 Å².